The number of para-hydroxylation sites is 2. The van der Waals surface area contributed by atoms with Gasteiger partial charge in [-0.25, -0.2) is 9.37 Å². The molecule has 6 heteroatoms. The zero-order valence-corrected chi connectivity index (χ0v) is 11.8. The molecular formula is C16H15FN4O. The van der Waals surface area contributed by atoms with Crippen LogP contribution in [0, 0.1) is 5.82 Å². The quantitative estimate of drug-likeness (QED) is 0.727. The largest absolute Gasteiger partial charge is 0.396 e. The van der Waals surface area contributed by atoms with E-state index in [0.29, 0.717) is 12.2 Å². The van der Waals surface area contributed by atoms with Crippen molar-refractivity contribution in [2.45, 2.75) is 13.0 Å². The summed E-state index contributed by atoms with van der Waals surface area (Å²) < 4.78 is 15.0. The van der Waals surface area contributed by atoms with Crippen LogP contribution in [0.15, 0.2) is 48.8 Å². The average molecular weight is 298 g/mol. The van der Waals surface area contributed by atoms with E-state index in [1.165, 1.54) is 18.2 Å². The third kappa shape index (κ3) is 2.90. The highest BCUT2D eigenvalue weighted by atomic mass is 19.1. The highest BCUT2D eigenvalue weighted by Gasteiger charge is 2.07. The number of aryl methyl sites for hydroxylation is 1. The van der Waals surface area contributed by atoms with Crippen molar-refractivity contribution in [2.75, 3.05) is 11.1 Å². The van der Waals surface area contributed by atoms with Crippen LogP contribution in [-0.2, 0) is 11.3 Å². The number of hydrogen-bond donors (Lipinski definition) is 2. The lowest BCUT2D eigenvalue weighted by molar-refractivity contribution is -0.116. The number of hydrogen-bond acceptors (Lipinski definition) is 3. The first-order valence-corrected chi connectivity index (χ1v) is 6.88. The van der Waals surface area contributed by atoms with E-state index in [1.807, 2.05) is 28.8 Å². The van der Waals surface area contributed by atoms with E-state index in [0.717, 1.165) is 11.0 Å². The Kier molecular flexibility index (Phi) is 3.74. The average Bonchev–Trinajstić information content (AvgIpc) is 2.92. The lowest BCUT2D eigenvalue weighted by atomic mass is 10.2. The number of anilines is 2. The van der Waals surface area contributed by atoms with Gasteiger partial charge in [-0.2, -0.15) is 0 Å². The summed E-state index contributed by atoms with van der Waals surface area (Å²) in [5.74, 6) is -0.660. The maximum Gasteiger partial charge on any atom is 0.226 e. The van der Waals surface area contributed by atoms with E-state index >= 15 is 0 Å². The van der Waals surface area contributed by atoms with Gasteiger partial charge in [-0.3, -0.25) is 4.79 Å². The van der Waals surface area contributed by atoms with Gasteiger partial charge in [-0.15, -0.1) is 0 Å². The fourth-order valence-corrected chi connectivity index (χ4v) is 2.26. The van der Waals surface area contributed by atoms with E-state index in [2.05, 4.69) is 10.3 Å². The highest BCUT2D eigenvalue weighted by Crippen LogP contribution is 2.17. The van der Waals surface area contributed by atoms with E-state index < -0.39 is 5.82 Å². The highest BCUT2D eigenvalue weighted by molar-refractivity contribution is 5.91. The minimum absolute atomic E-state index is 0.0124. The number of carbonyl (C=O) groups is 1. The van der Waals surface area contributed by atoms with Crippen molar-refractivity contribution in [1.29, 1.82) is 0 Å². The van der Waals surface area contributed by atoms with Gasteiger partial charge >= 0.3 is 0 Å². The monoisotopic (exact) mass is 298 g/mol. The molecule has 1 heterocycles. The van der Waals surface area contributed by atoms with E-state index in [-0.39, 0.29) is 18.0 Å². The fourth-order valence-electron chi connectivity index (χ4n) is 2.26. The van der Waals surface area contributed by atoms with Crippen LogP contribution >= 0.6 is 0 Å². The smallest absolute Gasteiger partial charge is 0.226 e. The van der Waals surface area contributed by atoms with Gasteiger partial charge in [0.05, 0.1) is 23.0 Å². The number of nitrogens with zero attached hydrogens (tertiary/aromatic N) is 2. The molecule has 3 N–H and O–H groups in total. The van der Waals surface area contributed by atoms with Crippen LogP contribution in [0.4, 0.5) is 15.8 Å². The molecule has 0 radical (unpaired) electrons. The zero-order valence-electron chi connectivity index (χ0n) is 11.8. The summed E-state index contributed by atoms with van der Waals surface area (Å²) >= 11 is 0. The normalized spacial score (nSPS) is 10.8. The molecule has 0 fully saturated rings. The van der Waals surface area contributed by atoms with Gasteiger partial charge in [0.15, 0.2) is 0 Å². The van der Waals surface area contributed by atoms with E-state index in [9.17, 15) is 9.18 Å². The second-order valence-corrected chi connectivity index (χ2v) is 4.96. The maximum atomic E-state index is 13.1. The first-order valence-electron chi connectivity index (χ1n) is 6.88. The van der Waals surface area contributed by atoms with Crippen LogP contribution in [0.5, 0.6) is 0 Å². The number of nitrogen functional groups attached to an aromatic ring is 1. The Hall–Kier alpha value is -2.89. The van der Waals surface area contributed by atoms with Crippen molar-refractivity contribution in [1.82, 2.24) is 9.55 Å². The molecule has 0 spiro atoms. The molecule has 0 aliphatic heterocycles. The van der Waals surface area contributed by atoms with Crippen molar-refractivity contribution in [3.63, 3.8) is 0 Å². The molecule has 0 bridgehead atoms. The predicted octanol–water partition coefficient (Wildman–Crippen LogP) is 2.79. The summed E-state index contributed by atoms with van der Waals surface area (Å²) in [5, 5.41) is 2.70. The Morgan fingerprint density at radius 2 is 2.09 bits per heavy atom. The molecule has 0 unspecified atom stereocenters. The molecule has 2 aromatic carbocycles. The van der Waals surface area contributed by atoms with Gasteiger partial charge in [0.25, 0.3) is 0 Å². The summed E-state index contributed by atoms with van der Waals surface area (Å²) in [6, 6.07) is 11.9. The Balaban J connectivity index is 1.63. The van der Waals surface area contributed by atoms with Crippen LogP contribution in [0.2, 0.25) is 0 Å². The minimum atomic E-state index is -0.497. The molecule has 3 rings (SSSR count). The molecular weight excluding hydrogens is 283 g/mol. The van der Waals surface area contributed by atoms with Crippen LogP contribution in [0.3, 0.4) is 0 Å². The van der Waals surface area contributed by atoms with Gasteiger partial charge < -0.3 is 15.6 Å². The SMILES string of the molecule is Nc1cc(NC(=O)CCn2cnc3ccccc32)ccc1F. The third-order valence-corrected chi connectivity index (χ3v) is 3.39. The van der Waals surface area contributed by atoms with Crippen molar-refractivity contribution >= 4 is 28.3 Å². The Bertz CT molecular complexity index is 828. The second-order valence-electron chi connectivity index (χ2n) is 4.96. The van der Waals surface area contributed by atoms with Crippen LogP contribution in [0.1, 0.15) is 6.42 Å². The van der Waals surface area contributed by atoms with Crippen molar-refractivity contribution in [3.05, 3.63) is 54.6 Å². The molecule has 1 aromatic heterocycles. The van der Waals surface area contributed by atoms with Crippen LogP contribution in [0.25, 0.3) is 11.0 Å². The summed E-state index contributed by atoms with van der Waals surface area (Å²) in [6.45, 7) is 0.517. The lowest BCUT2D eigenvalue weighted by Crippen LogP contribution is -2.14. The number of halogens is 1. The number of benzene rings is 2. The number of carbonyl (C=O) groups excluding carboxylic acids is 1. The summed E-state index contributed by atoms with van der Waals surface area (Å²) in [4.78, 5) is 16.2. The molecule has 22 heavy (non-hydrogen) atoms. The van der Waals surface area contributed by atoms with Gasteiger partial charge in [0, 0.05) is 18.7 Å². The topological polar surface area (TPSA) is 72.9 Å². The number of rotatable bonds is 4. The maximum absolute atomic E-state index is 13.1. The summed E-state index contributed by atoms with van der Waals surface area (Å²) in [7, 11) is 0. The number of amides is 1. The third-order valence-electron chi connectivity index (χ3n) is 3.39. The summed E-state index contributed by atoms with van der Waals surface area (Å²) in [5.41, 5.74) is 7.85. The van der Waals surface area contributed by atoms with Gasteiger partial charge in [0.1, 0.15) is 5.82 Å². The standard InChI is InChI=1S/C16H15FN4O/c17-12-6-5-11(9-13(12)18)20-16(22)7-8-21-10-19-14-3-1-2-4-15(14)21/h1-6,9-10H,7-8,18H2,(H,20,22). The van der Waals surface area contributed by atoms with Crippen molar-refractivity contribution in [2.24, 2.45) is 0 Å². The Morgan fingerprint density at radius 1 is 1.27 bits per heavy atom. The van der Waals surface area contributed by atoms with Crippen molar-refractivity contribution in [3.8, 4) is 0 Å². The number of nitrogens with two attached hydrogens (primary N) is 1. The molecule has 5 nitrogen and oxygen atoms in total. The first-order chi connectivity index (χ1) is 10.6. The minimum Gasteiger partial charge on any atom is -0.396 e. The number of fused-ring (bicyclic) bond motifs is 1. The van der Waals surface area contributed by atoms with Crippen molar-refractivity contribution < 1.29 is 9.18 Å². The molecule has 112 valence electrons. The molecule has 0 saturated heterocycles. The predicted molar refractivity (Wildman–Crippen MR) is 83.8 cm³/mol. The lowest BCUT2D eigenvalue weighted by Gasteiger charge is -2.07. The Labute approximate surface area is 126 Å². The molecule has 1 amide bonds. The van der Waals surface area contributed by atoms with Gasteiger partial charge in [-0.05, 0) is 30.3 Å². The van der Waals surface area contributed by atoms with Gasteiger partial charge in [-0.1, -0.05) is 12.1 Å². The number of nitrogens with one attached hydrogen (secondary N) is 1. The molecule has 0 saturated carbocycles. The molecule has 0 aliphatic rings. The number of imidazole rings is 1. The van der Waals surface area contributed by atoms with Gasteiger partial charge in [0.2, 0.25) is 5.91 Å². The summed E-state index contributed by atoms with van der Waals surface area (Å²) in [6.07, 6.45) is 2.01. The molecule has 3 aromatic rings. The van der Waals surface area contributed by atoms with Crippen LogP contribution < -0.4 is 11.1 Å². The second kappa shape index (κ2) is 5.85. The molecule has 0 atom stereocenters. The van der Waals surface area contributed by atoms with Crippen LogP contribution in [-0.4, -0.2) is 15.5 Å². The zero-order chi connectivity index (χ0) is 15.5. The van der Waals surface area contributed by atoms with E-state index in [4.69, 9.17) is 5.73 Å². The molecule has 0 aliphatic carbocycles. The Morgan fingerprint density at radius 3 is 2.91 bits per heavy atom. The van der Waals surface area contributed by atoms with E-state index in [1.54, 1.807) is 6.33 Å². The number of aromatic nitrogens is 2. The fraction of sp³-hybridized carbons (Fsp3) is 0.125. The first kappa shape index (κ1) is 14.1.